The first kappa shape index (κ1) is 19.2. The monoisotopic (exact) mass is 365 g/mol. The van der Waals surface area contributed by atoms with Crippen LogP contribution in [0.25, 0.3) is 0 Å². The Kier molecular flexibility index (Phi) is 6.36. The molecule has 136 valence electrons. The minimum atomic E-state index is -2.96. The summed E-state index contributed by atoms with van der Waals surface area (Å²) in [6, 6.07) is 7.43. The Morgan fingerprint density at radius 1 is 1.24 bits per heavy atom. The number of carbonyl (C=O) groups excluding carboxylic acids is 1. The zero-order valence-electron chi connectivity index (χ0n) is 14.7. The maximum atomic E-state index is 11.8. The summed E-state index contributed by atoms with van der Waals surface area (Å²) in [5, 5.41) is 3.97. The first-order valence-corrected chi connectivity index (χ1v) is 10.2. The van der Waals surface area contributed by atoms with Crippen molar-refractivity contribution in [1.82, 2.24) is 5.16 Å². The number of hydrogen-bond acceptors (Lipinski definition) is 6. The lowest BCUT2D eigenvalue weighted by Gasteiger charge is -2.07. The van der Waals surface area contributed by atoms with Crippen LogP contribution in [0.15, 0.2) is 28.8 Å². The number of aromatic nitrogens is 1. The van der Waals surface area contributed by atoms with Crippen LogP contribution in [0.4, 0.5) is 0 Å². The molecule has 0 radical (unpaired) electrons. The fourth-order valence-corrected chi connectivity index (χ4v) is 3.17. The topological polar surface area (TPSA) is 86.5 Å². The molecule has 0 amide bonds. The highest BCUT2D eigenvalue weighted by molar-refractivity contribution is 7.90. The summed E-state index contributed by atoms with van der Waals surface area (Å²) in [5.74, 6) is 1.32. The maximum Gasteiger partial charge on any atom is 0.165 e. The van der Waals surface area contributed by atoms with Crippen molar-refractivity contribution < 1.29 is 22.5 Å². The molecule has 0 spiro atoms. The summed E-state index contributed by atoms with van der Waals surface area (Å²) in [5.41, 5.74) is 2.24. The third kappa shape index (κ3) is 5.70. The largest absolute Gasteiger partial charge is 0.494 e. The van der Waals surface area contributed by atoms with Crippen molar-refractivity contribution in [1.29, 1.82) is 0 Å². The maximum absolute atomic E-state index is 11.8. The van der Waals surface area contributed by atoms with E-state index in [-0.39, 0.29) is 11.5 Å². The van der Waals surface area contributed by atoms with Gasteiger partial charge in [0.1, 0.15) is 15.6 Å². The lowest BCUT2D eigenvalue weighted by molar-refractivity contribution is 0.101. The predicted molar refractivity (Wildman–Crippen MR) is 95.0 cm³/mol. The number of sulfone groups is 1. The van der Waals surface area contributed by atoms with Gasteiger partial charge in [-0.1, -0.05) is 24.2 Å². The molecule has 0 atom stereocenters. The standard InChI is InChI=1S/C18H23NO5S/c1-4-16-18(13(2)20)17(24-19-16)12-14-6-8-15(9-7-14)23-10-5-11-25(3,21)22/h6-9H,4-5,10-12H2,1-3H3. The zero-order chi connectivity index (χ0) is 18.4. The number of nitrogens with zero attached hydrogens (tertiary/aromatic N) is 1. The second kappa shape index (κ2) is 8.29. The van der Waals surface area contributed by atoms with Crippen LogP contribution >= 0.6 is 0 Å². The fraction of sp³-hybridized carbons (Fsp3) is 0.444. The van der Waals surface area contributed by atoms with Gasteiger partial charge in [0.2, 0.25) is 0 Å². The molecule has 0 saturated heterocycles. The van der Waals surface area contributed by atoms with Gasteiger partial charge < -0.3 is 9.26 Å². The van der Waals surface area contributed by atoms with Crippen molar-refractivity contribution in [2.24, 2.45) is 0 Å². The van der Waals surface area contributed by atoms with E-state index in [1.54, 1.807) is 0 Å². The van der Waals surface area contributed by atoms with Crippen molar-refractivity contribution in [2.75, 3.05) is 18.6 Å². The SMILES string of the molecule is CCc1noc(Cc2ccc(OCCCS(C)(=O)=O)cc2)c1C(C)=O. The number of ether oxygens (including phenoxy) is 1. The van der Waals surface area contributed by atoms with Crippen LogP contribution in [0, 0.1) is 0 Å². The molecule has 1 aromatic heterocycles. The lowest BCUT2D eigenvalue weighted by atomic mass is 10.0. The summed E-state index contributed by atoms with van der Waals surface area (Å²) >= 11 is 0. The molecule has 0 aliphatic carbocycles. The number of carbonyl (C=O) groups is 1. The van der Waals surface area contributed by atoms with Gasteiger partial charge in [0.15, 0.2) is 11.5 Å². The van der Waals surface area contributed by atoms with Gasteiger partial charge in [-0.25, -0.2) is 8.42 Å². The van der Waals surface area contributed by atoms with Gasteiger partial charge >= 0.3 is 0 Å². The Morgan fingerprint density at radius 3 is 2.48 bits per heavy atom. The highest BCUT2D eigenvalue weighted by Gasteiger charge is 2.18. The van der Waals surface area contributed by atoms with Gasteiger partial charge in [-0.05, 0) is 37.5 Å². The third-order valence-electron chi connectivity index (χ3n) is 3.74. The molecule has 0 bridgehead atoms. The first-order valence-electron chi connectivity index (χ1n) is 8.18. The molecule has 1 heterocycles. The number of aryl methyl sites for hydroxylation is 1. The van der Waals surface area contributed by atoms with Crippen LogP contribution in [0.3, 0.4) is 0 Å². The molecule has 0 aliphatic heterocycles. The number of Topliss-reactive ketones (excluding diaryl/α,β-unsaturated/α-hetero) is 1. The second-order valence-electron chi connectivity index (χ2n) is 5.99. The average molecular weight is 365 g/mol. The van der Waals surface area contributed by atoms with E-state index in [1.165, 1.54) is 13.2 Å². The van der Waals surface area contributed by atoms with E-state index in [0.29, 0.717) is 48.6 Å². The van der Waals surface area contributed by atoms with E-state index < -0.39 is 9.84 Å². The molecular formula is C18H23NO5S. The number of benzene rings is 1. The summed E-state index contributed by atoms with van der Waals surface area (Å²) in [7, 11) is -2.96. The summed E-state index contributed by atoms with van der Waals surface area (Å²) in [6.07, 6.45) is 2.81. The molecule has 0 saturated carbocycles. The van der Waals surface area contributed by atoms with Crippen LogP contribution in [-0.2, 0) is 22.7 Å². The van der Waals surface area contributed by atoms with E-state index in [0.717, 1.165) is 5.56 Å². The highest BCUT2D eigenvalue weighted by atomic mass is 32.2. The first-order chi connectivity index (χ1) is 11.8. The van der Waals surface area contributed by atoms with Gasteiger partial charge in [0.25, 0.3) is 0 Å². The van der Waals surface area contributed by atoms with Crippen molar-refractivity contribution in [3.63, 3.8) is 0 Å². The van der Waals surface area contributed by atoms with Crippen LogP contribution in [-0.4, -0.2) is 38.0 Å². The molecule has 0 aliphatic rings. The van der Waals surface area contributed by atoms with E-state index in [9.17, 15) is 13.2 Å². The van der Waals surface area contributed by atoms with Crippen LogP contribution < -0.4 is 4.74 Å². The van der Waals surface area contributed by atoms with Crippen molar-refractivity contribution in [3.05, 3.63) is 46.8 Å². The molecule has 0 unspecified atom stereocenters. The van der Waals surface area contributed by atoms with Crippen molar-refractivity contribution >= 4 is 15.6 Å². The lowest BCUT2D eigenvalue weighted by Crippen LogP contribution is -2.08. The molecular weight excluding hydrogens is 342 g/mol. The quantitative estimate of drug-likeness (QED) is 0.502. The van der Waals surface area contributed by atoms with E-state index in [2.05, 4.69) is 5.16 Å². The van der Waals surface area contributed by atoms with Gasteiger partial charge in [-0.3, -0.25) is 4.79 Å². The Hall–Kier alpha value is -2.15. The van der Waals surface area contributed by atoms with Gasteiger partial charge in [-0.15, -0.1) is 0 Å². The molecule has 0 fully saturated rings. The highest BCUT2D eigenvalue weighted by Crippen LogP contribution is 2.21. The second-order valence-corrected chi connectivity index (χ2v) is 8.25. The van der Waals surface area contributed by atoms with Crippen LogP contribution in [0.1, 0.15) is 47.6 Å². The molecule has 0 N–H and O–H groups in total. The van der Waals surface area contributed by atoms with E-state index in [1.807, 2.05) is 31.2 Å². The number of ketones is 1. The molecule has 7 heteroatoms. The van der Waals surface area contributed by atoms with Gasteiger partial charge in [0.05, 0.1) is 23.6 Å². The third-order valence-corrected chi connectivity index (χ3v) is 4.77. The summed E-state index contributed by atoms with van der Waals surface area (Å²) in [4.78, 5) is 11.8. The molecule has 2 aromatic rings. The Labute approximate surface area is 148 Å². The summed E-state index contributed by atoms with van der Waals surface area (Å²) < 4.78 is 33.0. The molecule has 2 rings (SSSR count). The fourth-order valence-electron chi connectivity index (χ4n) is 2.52. The number of rotatable bonds is 9. The smallest absolute Gasteiger partial charge is 0.165 e. The molecule has 6 nitrogen and oxygen atoms in total. The predicted octanol–water partition coefficient (Wildman–Crippen LogP) is 2.84. The normalized spacial score (nSPS) is 11.5. The average Bonchev–Trinajstić information content (AvgIpc) is 2.95. The minimum Gasteiger partial charge on any atom is -0.494 e. The van der Waals surface area contributed by atoms with Crippen molar-refractivity contribution in [3.8, 4) is 5.75 Å². The summed E-state index contributed by atoms with van der Waals surface area (Å²) in [6.45, 7) is 3.80. The van der Waals surface area contributed by atoms with Crippen LogP contribution in [0.2, 0.25) is 0 Å². The zero-order valence-corrected chi connectivity index (χ0v) is 15.6. The van der Waals surface area contributed by atoms with Gasteiger partial charge in [0, 0.05) is 12.7 Å². The minimum absolute atomic E-state index is 0.0427. The Balaban J connectivity index is 1.97. The van der Waals surface area contributed by atoms with E-state index in [4.69, 9.17) is 9.26 Å². The van der Waals surface area contributed by atoms with Crippen LogP contribution in [0.5, 0.6) is 5.75 Å². The number of hydrogen-bond donors (Lipinski definition) is 0. The molecule has 1 aromatic carbocycles. The van der Waals surface area contributed by atoms with E-state index >= 15 is 0 Å². The van der Waals surface area contributed by atoms with Crippen molar-refractivity contribution in [2.45, 2.75) is 33.1 Å². The Bertz CT molecular complexity index is 822. The molecule has 25 heavy (non-hydrogen) atoms. The van der Waals surface area contributed by atoms with Gasteiger partial charge in [-0.2, -0.15) is 0 Å². The Morgan fingerprint density at radius 2 is 1.92 bits per heavy atom.